The Morgan fingerprint density at radius 3 is 1.71 bits per heavy atom. The third-order valence-electron chi connectivity index (χ3n) is 17.8. The number of halogens is 2. The molecule has 0 fully saturated rings. The van der Waals surface area contributed by atoms with Gasteiger partial charge in [0.05, 0.1) is 16.9 Å². The van der Waals surface area contributed by atoms with Gasteiger partial charge in [-0.15, -0.1) is 0 Å². The zero-order valence-corrected chi connectivity index (χ0v) is 45.8. The number of aromatic nitrogens is 1. The van der Waals surface area contributed by atoms with Crippen LogP contribution >= 0.6 is 0 Å². The topological polar surface area (TPSA) is 39.1 Å². The lowest BCUT2D eigenvalue weighted by atomic mass is 9.30. The van der Waals surface area contributed by atoms with Crippen molar-refractivity contribution in [3.63, 3.8) is 0 Å². The van der Waals surface area contributed by atoms with E-state index in [1.165, 1.54) is 45.7 Å². The minimum Gasteiger partial charge on any atom is -0.458 e. The zero-order valence-electron chi connectivity index (χ0n) is 45.8. The maximum Gasteiger partial charge on any atom is 0.260 e. The van der Waals surface area contributed by atoms with E-state index in [0.29, 0.717) is 34.4 Å². The average Bonchev–Trinajstić information content (AvgIpc) is 1.87. The largest absolute Gasteiger partial charge is 0.458 e. The van der Waals surface area contributed by atoms with Gasteiger partial charge in [0.25, 0.3) is 13.4 Å². The number of para-hydroxylation sites is 5. The smallest absolute Gasteiger partial charge is 0.260 e. The lowest BCUT2D eigenvalue weighted by Gasteiger charge is -2.42. The molecule has 0 amide bonds. The number of hydrogen-bond donors (Lipinski definition) is 0. The van der Waals surface area contributed by atoms with Crippen LogP contribution in [-0.4, -0.2) is 24.7 Å². The summed E-state index contributed by atoms with van der Waals surface area (Å²) in [5.74, 6) is 2.68. The van der Waals surface area contributed by atoms with Gasteiger partial charge in [0.15, 0.2) is 0 Å². The molecule has 0 N–H and O–H groups in total. The van der Waals surface area contributed by atoms with Gasteiger partial charge in [0.2, 0.25) is 6.71 Å². The molecule has 0 saturated heterocycles. The summed E-state index contributed by atoms with van der Waals surface area (Å²) in [4.78, 5) is 4.17. The molecule has 6 heterocycles. The fourth-order valence-corrected chi connectivity index (χ4v) is 14.5. The van der Waals surface area contributed by atoms with Gasteiger partial charge in [0.1, 0.15) is 51.8 Å². The summed E-state index contributed by atoms with van der Waals surface area (Å²) >= 11 is 0. The molecule has 0 saturated carbocycles. The molecule has 0 bridgehead atoms. The molecular formula is C72H48B3F2N3O3. The van der Waals surface area contributed by atoms with E-state index in [2.05, 4.69) is 188 Å². The molecule has 5 aliphatic rings. The fourth-order valence-electron chi connectivity index (χ4n) is 14.5. The summed E-state index contributed by atoms with van der Waals surface area (Å²) < 4.78 is 57.4. The Bertz CT molecular complexity index is 4780. The van der Waals surface area contributed by atoms with Crippen molar-refractivity contribution in [3.05, 3.63) is 252 Å². The molecule has 6 nitrogen and oxygen atoms in total. The maximum atomic E-state index is 16.8. The van der Waals surface area contributed by atoms with E-state index in [0.717, 1.165) is 100 Å². The van der Waals surface area contributed by atoms with Gasteiger partial charge in [-0.1, -0.05) is 144 Å². The summed E-state index contributed by atoms with van der Waals surface area (Å²) in [7, 11) is 0. The predicted molar refractivity (Wildman–Crippen MR) is 337 cm³/mol. The van der Waals surface area contributed by atoms with Gasteiger partial charge in [-0.3, -0.25) is 0 Å². The Morgan fingerprint density at radius 2 is 0.940 bits per heavy atom. The summed E-state index contributed by atoms with van der Waals surface area (Å²) in [6.07, 6.45) is 0. The SMILES string of the molecule is Cc1cc(C)c2c(c1)N(c1ccccc1)c1ccccc1B2c1cc2c(cc1C)Oc1cc(-n3c(-c4ccccc4)cc4ccccc43)cc3c1B2c1cc2c(cc1O3)N(c1c(F)cccc1F)c1cc(C)cc3c1B2c1ccccc1O3. The highest BCUT2D eigenvalue weighted by molar-refractivity contribution is 7.02. The van der Waals surface area contributed by atoms with Crippen LogP contribution < -0.4 is 73.2 Å². The van der Waals surface area contributed by atoms with Gasteiger partial charge in [-0.2, -0.15) is 0 Å². The number of aryl methyl sites for hydroxylation is 4. The van der Waals surface area contributed by atoms with E-state index in [4.69, 9.17) is 14.2 Å². The first kappa shape index (κ1) is 47.8. The second-order valence-corrected chi connectivity index (χ2v) is 22.8. The third-order valence-corrected chi connectivity index (χ3v) is 17.8. The first-order valence-electron chi connectivity index (χ1n) is 28.4. The third kappa shape index (κ3) is 6.97. The van der Waals surface area contributed by atoms with Crippen molar-refractivity contribution in [2.75, 3.05) is 9.80 Å². The molecule has 17 rings (SSSR count). The van der Waals surface area contributed by atoms with E-state index in [-0.39, 0.29) is 19.1 Å². The molecule has 392 valence electrons. The minimum absolute atomic E-state index is 0.141. The number of rotatable bonds is 5. The number of benzene rings is 11. The van der Waals surface area contributed by atoms with E-state index >= 15 is 8.78 Å². The van der Waals surface area contributed by atoms with Crippen LogP contribution in [0, 0.1) is 39.3 Å². The molecule has 1 aromatic heterocycles. The van der Waals surface area contributed by atoms with Crippen LogP contribution in [0.2, 0.25) is 0 Å². The van der Waals surface area contributed by atoms with Crippen LogP contribution in [0.4, 0.5) is 42.9 Å². The van der Waals surface area contributed by atoms with Crippen LogP contribution in [0.5, 0.6) is 34.5 Å². The van der Waals surface area contributed by atoms with Crippen LogP contribution in [-0.2, 0) is 0 Å². The molecular weight excluding hydrogens is 1030 g/mol. The van der Waals surface area contributed by atoms with Crippen molar-refractivity contribution < 1.29 is 23.0 Å². The zero-order chi connectivity index (χ0) is 55.5. The average molecular weight is 1070 g/mol. The van der Waals surface area contributed by atoms with Gasteiger partial charge in [-0.05, 0) is 155 Å². The maximum absolute atomic E-state index is 16.8. The molecule has 11 aromatic carbocycles. The Kier molecular flexibility index (Phi) is 10.2. The molecule has 5 aliphatic heterocycles. The molecule has 0 radical (unpaired) electrons. The highest BCUT2D eigenvalue weighted by Crippen LogP contribution is 2.47. The monoisotopic (exact) mass is 1070 g/mol. The molecule has 0 unspecified atom stereocenters. The highest BCUT2D eigenvalue weighted by atomic mass is 19.1. The number of fused-ring (bicyclic) bond motifs is 11. The van der Waals surface area contributed by atoms with Crippen molar-refractivity contribution in [3.8, 4) is 51.4 Å². The molecule has 83 heavy (non-hydrogen) atoms. The number of anilines is 6. The minimum atomic E-state index is -0.683. The van der Waals surface area contributed by atoms with Gasteiger partial charge in [0, 0.05) is 57.5 Å². The van der Waals surface area contributed by atoms with Crippen molar-refractivity contribution in [2.24, 2.45) is 0 Å². The molecule has 12 aromatic rings. The summed E-state index contributed by atoms with van der Waals surface area (Å²) in [6, 6.07) is 74.7. The molecule has 11 heteroatoms. The number of nitrogens with zero attached hydrogens (tertiary/aromatic N) is 3. The summed E-state index contributed by atoms with van der Waals surface area (Å²) in [5.41, 5.74) is 22.0. The quantitative estimate of drug-likeness (QED) is 0.161. The second kappa shape index (κ2) is 17.8. The van der Waals surface area contributed by atoms with E-state index in [9.17, 15) is 0 Å². The Hall–Kier alpha value is -9.99. The molecule has 0 spiro atoms. The number of hydrogen-bond acceptors (Lipinski definition) is 5. The van der Waals surface area contributed by atoms with Crippen LogP contribution in [0.3, 0.4) is 0 Å². The van der Waals surface area contributed by atoms with Gasteiger partial charge in [-0.25, -0.2) is 8.78 Å². The van der Waals surface area contributed by atoms with Crippen molar-refractivity contribution in [1.29, 1.82) is 0 Å². The van der Waals surface area contributed by atoms with Crippen molar-refractivity contribution >= 4 is 114 Å². The van der Waals surface area contributed by atoms with E-state index in [1.807, 2.05) is 49.4 Å². The lowest BCUT2D eigenvalue weighted by Crippen LogP contribution is -2.64. The Morgan fingerprint density at radius 1 is 0.349 bits per heavy atom. The molecule has 0 atom stereocenters. The van der Waals surface area contributed by atoms with E-state index in [1.54, 1.807) is 4.90 Å². The molecule has 0 aliphatic carbocycles. The standard InChI is InChI=1S/C72H48B3F2N3O3/c1-41-30-44(4)69-61(31-41)78(47-21-9-6-10-22-47)58-28-15-12-23-49(58)73(69)51-38-53-64(34-43(51)3)82-67-36-48(79-57-27-14-11-20-46(57)35-59(79)45-18-7-5-8-19-45)37-68-71(67)75(53)54-39-52-60(40-65(54)83-68)80(72-55(76)25-17-26-56(72)77)62-32-42(2)33-66-70(62)74(52)50-24-13-16-29-63(50)81-66/h5-40H,1-4H3. The fraction of sp³-hybridized carbons (Fsp3) is 0.0556. The lowest BCUT2D eigenvalue weighted by molar-refractivity contribution is 0.464. The van der Waals surface area contributed by atoms with Crippen LogP contribution in [0.25, 0.3) is 27.8 Å². The van der Waals surface area contributed by atoms with E-state index < -0.39 is 18.3 Å². The van der Waals surface area contributed by atoms with Gasteiger partial charge >= 0.3 is 0 Å². The van der Waals surface area contributed by atoms with Crippen molar-refractivity contribution in [2.45, 2.75) is 27.7 Å². The van der Waals surface area contributed by atoms with Crippen LogP contribution in [0.1, 0.15) is 22.3 Å². The Labute approximate surface area is 480 Å². The highest BCUT2D eigenvalue weighted by Gasteiger charge is 2.48. The van der Waals surface area contributed by atoms with Crippen LogP contribution in [0.15, 0.2) is 218 Å². The first-order valence-corrected chi connectivity index (χ1v) is 28.4. The predicted octanol–water partition coefficient (Wildman–Crippen LogP) is 12.2. The second-order valence-electron chi connectivity index (χ2n) is 22.8. The first-order chi connectivity index (χ1) is 40.6. The van der Waals surface area contributed by atoms with Crippen molar-refractivity contribution in [1.82, 2.24) is 4.57 Å². The van der Waals surface area contributed by atoms with Gasteiger partial charge < -0.3 is 28.6 Å². The summed E-state index contributed by atoms with van der Waals surface area (Å²) in [5, 5.41) is 1.10. The normalized spacial score (nSPS) is 13.6. The summed E-state index contributed by atoms with van der Waals surface area (Å²) in [6.45, 7) is 7.73. The Balaban J connectivity index is 0.941. The number of ether oxygens (including phenoxy) is 3.